The van der Waals surface area contributed by atoms with Crippen LogP contribution in [0.2, 0.25) is 5.02 Å². The largest absolute Gasteiger partial charge is 0.308 e. The van der Waals surface area contributed by atoms with Crippen molar-refractivity contribution >= 4 is 29.2 Å². The van der Waals surface area contributed by atoms with Gasteiger partial charge in [0, 0.05) is 21.4 Å². The number of halogens is 1. The van der Waals surface area contributed by atoms with E-state index in [1.54, 1.807) is 11.8 Å². The lowest BCUT2D eigenvalue weighted by Gasteiger charge is -2.13. The predicted molar refractivity (Wildman–Crippen MR) is 84.2 cm³/mol. The molecule has 0 bridgehead atoms. The maximum absolute atomic E-state index is 5.90. The molecule has 3 N–H and O–H groups in total. The molecule has 0 aliphatic rings. The number of nitrogens with zero attached hydrogens (tertiary/aromatic N) is 2. The molecular formula is C14H17ClN4S. The van der Waals surface area contributed by atoms with E-state index in [-0.39, 0.29) is 5.92 Å². The van der Waals surface area contributed by atoms with E-state index >= 15 is 0 Å². The first-order valence-electron chi connectivity index (χ1n) is 6.30. The lowest BCUT2D eigenvalue weighted by molar-refractivity contribution is 0.749. The normalized spacial score (nSPS) is 10.9. The Kier molecular flexibility index (Phi) is 4.86. The van der Waals surface area contributed by atoms with Gasteiger partial charge in [0.2, 0.25) is 0 Å². The van der Waals surface area contributed by atoms with Crippen LogP contribution in [0.15, 0.2) is 34.2 Å². The van der Waals surface area contributed by atoms with Crippen molar-refractivity contribution in [3.63, 3.8) is 0 Å². The van der Waals surface area contributed by atoms with Crippen molar-refractivity contribution in [2.45, 2.75) is 36.6 Å². The van der Waals surface area contributed by atoms with E-state index in [4.69, 9.17) is 17.4 Å². The molecule has 20 heavy (non-hydrogen) atoms. The van der Waals surface area contributed by atoms with E-state index in [9.17, 15) is 0 Å². The fourth-order valence-electron chi connectivity index (χ4n) is 1.62. The molecule has 0 spiro atoms. The second-order valence-electron chi connectivity index (χ2n) is 4.72. The van der Waals surface area contributed by atoms with Crippen LogP contribution >= 0.6 is 23.4 Å². The van der Waals surface area contributed by atoms with E-state index in [2.05, 4.69) is 29.2 Å². The highest BCUT2D eigenvalue weighted by Gasteiger charge is 2.13. The fourth-order valence-corrected chi connectivity index (χ4v) is 2.64. The summed E-state index contributed by atoms with van der Waals surface area (Å²) in [6, 6.07) is 7.68. The Morgan fingerprint density at radius 1 is 1.20 bits per heavy atom. The van der Waals surface area contributed by atoms with Crippen molar-refractivity contribution < 1.29 is 0 Å². The number of nitrogens with one attached hydrogen (secondary N) is 1. The lowest BCUT2D eigenvalue weighted by Crippen LogP contribution is -2.13. The Morgan fingerprint density at radius 3 is 2.40 bits per heavy atom. The predicted octanol–water partition coefficient (Wildman–Crippen LogP) is 4.00. The van der Waals surface area contributed by atoms with Gasteiger partial charge in [-0.05, 0) is 31.2 Å². The quantitative estimate of drug-likeness (QED) is 0.508. The topological polar surface area (TPSA) is 63.8 Å². The second-order valence-corrected chi connectivity index (χ2v) is 6.21. The third kappa shape index (κ3) is 3.42. The number of nitrogens with two attached hydrogens (primary N) is 1. The zero-order chi connectivity index (χ0) is 14.7. The highest BCUT2D eigenvalue weighted by atomic mass is 35.5. The standard InChI is InChI=1S/C14H17ClN4S/c1-8(2)12-17-13(19-16)9(3)14(18-12)20-11-6-4-10(15)5-7-11/h4-8H,16H2,1-3H3,(H,17,18,19). The van der Waals surface area contributed by atoms with E-state index in [0.717, 1.165) is 26.3 Å². The van der Waals surface area contributed by atoms with Crippen LogP contribution in [0.5, 0.6) is 0 Å². The van der Waals surface area contributed by atoms with Crippen LogP contribution < -0.4 is 11.3 Å². The van der Waals surface area contributed by atoms with Crippen molar-refractivity contribution in [3.05, 3.63) is 40.7 Å². The summed E-state index contributed by atoms with van der Waals surface area (Å²) in [5.41, 5.74) is 3.58. The number of benzene rings is 1. The zero-order valence-corrected chi connectivity index (χ0v) is 13.2. The van der Waals surface area contributed by atoms with Crippen molar-refractivity contribution in [2.75, 3.05) is 5.43 Å². The van der Waals surface area contributed by atoms with Gasteiger partial charge in [-0.3, -0.25) is 0 Å². The van der Waals surface area contributed by atoms with Gasteiger partial charge in [0.15, 0.2) is 0 Å². The Morgan fingerprint density at radius 2 is 1.85 bits per heavy atom. The van der Waals surface area contributed by atoms with Crippen LogP contribution in [0.25, 0.3) is 0 Å². The number of nitrogen functional groups attached to an aromatic ring is 1. The summed E-state index contributed by atoms with van der Waals surface area (Å²) in [5.74, 6) is 7.22. The third-order valence-corrected chi connectivity index (χ3v) is 4.15. The molecule has 0 aliphatic heterocycles. The zero-order valence-electron chi connectivity index (χ0n) is 11.6. The van der Waals surface area contributed by atoms with Crippen LogP contribution in [-0.2, 0) is 0 Å². The molecule has 0 unspecified atom stereocenters. The Balaban J connectivity index is 2.39. The van der Waals surface area contributed by atoms with Gasteiger partial charge < -0.3 is 5.43 Å². The molecule has 1 heterocycles. The number of aromatic nitrogens is 2. The van der Waals surface area contributed by atoms with E-state index in [1.807, 2.05) is 31.2 Å². The molecule has 0 saturated heterocycles. The lowest BCUT2D eigenvalue weighted by atomic mass is 10.2. The molecule has 2 aromatic rings. The van der Waals surface area contributed by atoms with Crippen molar-refractivity contribution in [1.29, 1.82) is 0 Å². The molecule has 106 valence electrons. The van der Waals surface area contributed by atoms with Crippen LogP contribution in [0.3, 0.4) is 0 Å². The molecule has 0 atom stereocenters. The SMILES string of the molecule is Cc1c(NN)nc(C(C)C)nc1Sc1ccc(Cl)cc1. The monoisotopic (exact) mass is 308 g/mol. The molecule has 0 aliphatic carbocycles. The first-order chi connectivity index (χ1) is 9.51. The van der Waals surface area contributed by atoms with Crippen molar-refractivity contribution in [2.24, 2.45) is 5.84 Å². The molecule has 1 aromatic heterocycles. The highest BCUT2D eigenvalue weighted by Crippen LogP contribution is 2.32. The number of hydrogen-bond acceptors (Lipinski definition) is 5. The molecule has 0 amide bonds. The van der Waals surface area contributed by atoms with Crippen molar-refractivity contribution in [3.8, 4) is 0 Å². The Labute approximate surface area is 128 Å². The minimum absolute atomic E-state index is 0.243. The summed E-state index contributed by atoms with van der Waals surface area (Å²) in [5, 5.41) is 1.62. The maximum atomic E-state index is 5.90. The number of anilines is 1. The smallest absolute Gasteiger partial charge is 0.147 e. The summed E-state index contributed by atoms with van der Waals surface area (Å²) < 4.78 is 0. The van der Waals surface area contributed by atoms with Gasteiger partial charge in [0.25, 0.3) is 0 Å². The van der Waals surface area contributed by atoms with Gasteiger partial charge in [-0.15, -0.1) is 0 Å². The van der Waals surface area contributed by atoms with Crippen LogP contribution in [0.1, 0.15) is 31.2 Å². The van der Waals surface area contributed by atoms with E-state index in [0.29, 0.717) is 5.82 Å². The van der Waals surface area contributed by atoms with E-state index < -0.39 is 0 Å². The number of hydrazine groups is 1. The number of rotatable bonds is 4. The molecule has 2 rings (SSSR count). The first-order valence-corrected chi connectivity index (χ1v) is 7.49. The average molecular weight is 309 g/mol. The summed E-state index contributed by atoms with van der Waals surface area (Å²) in [4.78, 5) is 10.1. The Hall–Kier alpha value is -1.30. The van der Waals surface area contributed by atoms with Crippen LogP contribution in [-0.4, -0.2) is 9.97 Å². The molecular weight excluding hydrogens is 292 g/mol. The second kappa shape index (κ2) is 6.43. The summed E-state index contributed by atoms with van der Waals surface area (Å²) in [7, 11) is 0. The van der Waals surface area contributed by atoms with Crippen LogP contribution in [0.4, 0.5) is 5.82 Å². The maximum Gasteiger partial charge on any atom is 0.147 e. The van der Waals surface area contributed by atoms with Crippen molar-refractivity contribution in [1.82, 2.24) is 9.97 Å². The van der Waals surface area contributed by atoms with Gasteiger partial charge in [0.05, 0.1) is 0 Å². The number of hydrogen-bond donors (Lipinski definition) is 2. The van der Waals surface area contributed by atoms with Gasteiger partial charge in [-0.1, -0.05) is 37.2 Å². The fraction of sp³-hybridized carbons (Fsp3) is 0.286. The molecule has 1 aromatic carbocycles. The molecule has 6 heteroatoms. The minimum Gasteiger partial charge on any atom is -0.308 e. The summed E-state index contributed by atoms with van der Waals surface area (Å²) in [6.07, 6.45) is 0. The van der Waals surface area contributed by atoms with E-state index in [1.165, 1.54) is 0 Å². The van der Waals surface area contributed by atoms with Gasteiger partial charge in [-0.2, -0.15) is 0 Å². The third-order valence-electron chi connectivity index (χ3n) is 2.80. The molecule has 0 radical (unpaired) electrons. The van der Waals surface area contributed by atoms with Gasteiger partial charge in [-0.25, -0.2) is 15.8 Å². The van der Waals surface area contributed by atoms with Crippen LogP contribution in [0, 0.1) is 6.92 Å². The molecule has 0 fully saturated rings. The summed E-state index contributed by atoms with van der Waals surface area (Å²) in [6.45, 7) is 6.07. The minimum atomic E-state index is 0.243. The van der Waals surface area contributed by atoms with Gasteiger partial charge in [0.1, 0.15) is 16.7 Å². The molecule has 0 saturated carbocycles. The molecule has 4 nitrogen and oxygen atoms in total. The highest BCUT2D eigenvalue weighted by molar-refractivity contribution is 7.99. The summed E-state index contributed by atoms with van der Waals surface area (Å²) >= 11 is 7.48. The van der Waals surface area contributed by atoms with Gasteiger partial charge >= 0.3 is 0 Å². The first kappa shape index (κ1) is 15.1. The average Bonchev–Trinajstić information content (AvgIpc) is 2.43. The Bertz CT molecular complexity index is 599.